The Kier molecular flexibility index (Phi) is 5.57. The summed E-state index contributed by atoms with van der Waals surface area (Å²) in [5, 5.41) is 4.14. The predicted molar refractivity (Wildman–Crippen MR) is 83.6 cm³/mol. The van der Waals surface area contributed by atoms with Gasteiger partial charge in [0.25, 0.3) is 0 Å². The van der Waals surface area contributed by atoms with Gasteiger partial charge in [-0.2, -0.15) is 11.3 Å². The Morgan fingerprint density at radius 2 is 2.25 bits per heavy atom. The number of hydrogen-bond donors (Lipinski definition) is 1. The molecule has 0 aromatic carbocycles. The number of carbonyl (C=O) groups excluding carboxylic acids is 1. The normalized spacial score (nSPS) is 18.9. The summed E-state index contributed by atoms with van der Waals surface area (Å²) in [5.74, 6) is 0.820. The van der Waals surface area contributed by atoms with E-state index >= 15 is 0 Å². The number of hydrogen-bond acceptors (Lipinski definition) is 4. The van der Waals surface area contributed by atoms with Crippen molar-refractivity contribution in [1.29, 1.82) is 0 Å². The Morgan fingerprint density at radius 3 is 2.80 bits per heavy atom. The number of nitrogens with two attached hydrogens (primary N) is 1. The molecule has 112 valence electrons. The molecule has 4 nitrogen and oxygen atoms in total. The van der Waals surface area contributed by atoms with E-state index in [2.05, 4.69) is 23.3 Å². The lowest BCUT2D eigenvalue weighted by molar-refractivity contribution is -0.132. The first-order chi connectivity index (χ1) is 9.56. The van der Waals surface area contributed by atoms with Gasteiger partial charge < -0.3 is 10.6 Å². The molecule has 1 aliphatic rings. The van der Waals surface area contributed by atoms with Gasteiger partial charge in [0.1, 0.15) is 0 Å². The largest absolute Gasteiger partial charge is 0.340 e. The first-order valence-electron chi connectivity index (χ1n) is 7.29. The molecule has 0 bridgehead atoms. The van der Waals surface area contributed by atoms with Crippen LogP contribution in [0.1, 0.15) is 25.3 Å². The van der Waals surface area contributed by atoms with Gasteiger partial charge in [-0.1, -0.05) is 0 Å². The molecular weight excluding hydrogens is 270 g/mol. The number of thiophene rings is 1. The smallest absolute Gasteiger partial charge is 0.236 e. The fourth-order valence-electron chi connectivity index (χ4n) is 2.69. The van der Waals surface area contributed by atoms with Crippen LogP contribution >= 0.6 is 11.3 Å². The summed E-state index contributed by atoms with van der Waals surface area (Å²) >= 11 is 1.67. The van der Waals surface area contributed by atoms with E-state index in [1.165, 1.54) is 5.56 Å². The lowest BCUT2D eigenvalue weighted by atomic mass is 9.91. The number of nitrogens with zero attached hydrogens (tertiary/aromatic N) is 2. The Hall–Kier alpha value is -0.910. The third-order valence-electron chi connectivity index (χ3n) is 4.16. The molecule has 1 atom stereocenters. The van der Waals surface area contributed by atoms with E-state index in [1.807, 2.05) is 17.3 Å². The second-order valence-electron chi connectivity index (χ2n) is 5.85. The zero-order chi connectivity index (χ0) is 14.5. The molecule has 5 heteroatoms. The molecule has 0 aliphatic carbocycles. The zero-order valence-electron chi connectivity index (χ0n) is 12.4. The van der Waals surface area contributed by atoms with Crippen molar-refractivity contribution in [1.82, 2.24) is 9.80 Å². The molecule has 1 unspecified atom stereocenters. The molecule has 1 aromatic heterocycles. The van der Waals surface area contributed by atoms with Crippen LogP contribution in [-0.2, 0) is 11.3 Å². The van der Waals surface area contributed by atoms with E-state index in [0.717, 1.165) is 25.9 Å². The minimum Gasteiger partial charge on any atom is -0.340 e. The number of carbonyl (C=O) groups is 1. The summed E-state index contributed by atoms with van der Waals surface area (Å²) < 4.78 is 0. The molecule has 2 heterocycles. The molecule has 1 aliphatic heterocycles. The van der Waals surface area contributed by atoms with Crippen LogP contribution in [0.25, 0.3) is 0 Å². The van der Waals surface area contributed by atoms with E-state index in [1.54, 1.807) is 11.3 Å². The predicted octanol–water partition coefficient (Wildman–Crippen LogP) is 1.77. The van der Waals surface area contributed by atoms with Gasteiger partial charge in [0.15, 0.2) is 0 Å². The highest BCUT2D eigenvalue weighted by atomic mass is 32.1. The van der Waals surface area contributed by atoms with Gasteiger partial charge in [0, 0.05) is 19.6 Å². The topological polar surface area (TPSA) is 49.6 Å². The molecule has 2 N–H and O–H groups in total. The van der Waals surface area contributed by atoms with Gasteiger partial charge in [-0.25, -0.2) is 0 Å². The molecule has 1 saturated heterocycles. The van der Waals surface area contributed by atoms with Crippen molar-refractivity contribution in [2.75, 3.05) is 26.7 Å². The molecule has 1 aromatic rings. The van der Waals surface area contributed by atoms with Crippen LogP contribution in [-0.4, -0.2) is 48.4 Å². The van der Waals surface area contributed by atoms with Crippen LogP contribution in [0.5, 0.6) is 0 Å². The van der Waals surface area contributed by atoms with Gasteiger partial charge >= 0.3 is 0 Å². The average molecular weight is 295 g/mol. The maximum Gasteiger partial charge on any atom is 0.236 e. The van der Waals surface area contributed by atoms with Gasteiger partial charge in [-0.3, -0.25) is 9.69 Å². The number of likely N-dealkylation sites (N-methyl/N-ethyl adjacent to an activating group) is 1. The SMILES string of the molecule is CC(N)C1CCN(CC(=O)N(C)Cc2ccsc2)CC1. The minimum atomic E-state index is 0.204. The Bertz CT molecular complexity index is 411. The van der Waals surface area contributed by atoms with Crippen LogP contribution in [0.2, 0.25) is 0 Å². The second kappa shape index (κ2) is 7.20. The summed E-state index contributed by atoms with van der Waals surface area (Å²) in [6.07, 6.45) is 2.22. The van der Waals surface area contributed by atoms with E-state index in [-0.39, 0.29) is 11.9 Å². The van der Waals surface area contributed by atoms with Crippen molar-refractivity contribution in [3.05, 3.63) is 22.4 Å². The van der Waals surface area contributed by atoms with Crippen LogP contribution in [0.3, 0.4) is 0 Å². The summed E-state index contributed by atoms with van der Waals surface area (Å²) in [6.45, 7) is 5.31. The lowest BCUT2D eigenvalue weighted by Crippen LogP contribution is -2.44. The Balaban J connectivity index is 1.74. The fourth-order valence-corrected chi connectivity index (χ4v) is 3.35. The van der Waals surface area contributed by atoms with Crippen molar-refractivity contribution >= 4 is 17.2 Å². The molecule has 0 spiro atoms. The zero-order valence-corrected chi connectivity index (χ0v) is 13.2. The van der Waals surface area contributed by atoms with E-state index in [0.29, 0.717) is 19.0 Å². The fraction of sp³-hybridized carbons (Fsp3) is 0.667. The van der Waals surface area contributed by atoms with Crippen LogP contribution in [0.15, 0.2) is 16.8 Å². The quantitative estimate of drug-likeness (QED) is 0.900. The van der Waals surface area contributed by atoms with Crippen molar-refractivity contribution < 1.29 is 4.79 Å². The second-order valence-corrected chi connectivity index (χ2v) is 6.63. The molecular formula is C15H25N3OS. The molecule has 0 radical (unpaired) electrons. The van der Waals surface area contributed by atoms with E-state index in [4.69, 9.17) is 5.73 Å². The van der Waals surface area contributed by atoms with E-state index < -0.39 is 0 Å². The van der Waals surface area contributed by atoms with Crippen molar-refractivity contribution in [2.24, 2.45) is 11.7 Å². The van der Waals surface area contributed by atoms with Gasteiger partial charge in [-0.15, -0.1) is 0 Å². The maximum absolute atomic E-state index is 12.2. The third kappa shape index (κ3) is 4.30. The lowest BCUT2D eigenvalue weighted by Gasteiger charge is -2.34. The van der Waals surface area contributed by atoms with Crippen LogP contribution in [0, 0.1) is 5.92 Å². The summed E-state index contributed by atoms with van der Waals surface area (Å²) in [6, 6.07) is 2.34. The average Bonchev–Trinajstić information content (AvgIpc) is 2.92. The third-order valence-corrected chi connectivity index (χ3v) is 4.89. The molecule has 0 saturated carbocycles. The number of piperidine rings is 1. The number of likely N-dealkylation sites (tertiary alicyclic amines) is 1. The van der Waals surface area contributed by atoms with E-state index in [9.17, 15) is 4.79 Å². The Labute approximate surface area is 125 Å². The molecule has 2 rings (SSSR count). The van der Waals surface area contributed by atoms with Gasteiger partial charge in [0.2, 0.25) is 5.91 Å². The maximum atomic E-state index is 12.2. The van der Waals surface area contributed by atoms with Crippen molar-refractivity contribution in [3.8, 4) is 0 Å². The van der Waals surface area contributed by atoms with Gasteiger partial charge in [-0.05, 0) is 61.2 Å². The standard InChI is InChI=1S/C15H25N3OS/c1-12(16)14-3-6-18(7-4-14)10-15(19)17(2)9-13-5-8-20-11-13/h5,8,11-12,14H,3-4,6-7,9-10,16H2,1-2H3. The number of rotatable bonds is 5. The summed E-state index contributed by atoms with van der Waals surface area (Å²) in [7, 11) is 1.88. The van der Waals surface area contributed by atoms with Gasteiger partial charge in [0.05, 0.1) is 6.54 Å². The highest BCUT2D eigenvalue weighted by molar-refractivity contribution is 7.07. The first kappa shape index (κ1) is 15.5. The number of amides is 1. The highest BCUT2D eigenvalue weighted by Crippen LogP contribution is 2.19. The monoisotopic (exact) mass is 295 g/mol. The van der Waals surface area contributed by atoms with Crippen molar-refractivity contribution in [2.45, 2.75) is 32.4 Å². The van der Waals surface area contributed by atoms with Crippen LogP contribution in [0.4, 0.5) is 0 Å². The minimum absolute atomic E-state index is 0.204. The Morgan fingerprint density at radius 1 is 1.55 bits per heavy atom. The van der Waals surface area contributed by atoms with Crippen molar-refractivity contribution in [3.63, 3.8) is 0 Å². The highest BCUT2D eigenvalue weighted by Gasteiger charge is 2.23. The summed E-state index contributed by atoms with van der Waals surface area (Å²) in [4.78, 5) is 16.3. The van der Waals surface area contributed by atoms with Crippen LogP contribution < -0.4 is 5.73 Å². The molecule has 1 amide bonds. The first-order valence-corrected chi connectivity index (χ1v) is 8.23. The molecule has 1 fully saturated rings. The summed E-state index contributed by atoms with van der Waals surface area (Å²) in [5.41, 5.74) is 7.15. The molecule has 20 heavy (non-hydrogen) atoms.